The lowest BCUT2D eigenvalue weighted by Gasteiger charge is -2.13. The number of fused-ring (bicyclic) bond motifs is 1. The molecule has 146 valence electrons. The zero-order valence-electron chi connectivity index (χ0n) is 16.0. The summed E-state index contributed by atoms with van der Waals surface area (Å²) in [5, 5.41) is 2.92. The van der Waals surface area contributed by atoms with E-state index >= 15 is 0 Å². The van der Waals surface area contributed by atoms with Crippen LogP contribution in [0.1, 0.15) is 53.7 Å². The van der Waals surface area contributed by atoms with E-state index in [1.165, 1.54) is 4.57 Å². The number of nitrogens with zero attached hydrogens (tertiary/aromatic N) is 2. The fraction of sp³-hybridized carbons (Fsp3) is 0.273. The predicted octanol–water partition coefficient (Wildman–Crippen LogP) is 2.61. The third-order valence-electron chi connectivity index (χ3n) is 4.94. The number of pyridine rings is 1. The summed E-state index contributed by atoms with van der Waals surface area (Å²) < 4.78 is 1.43. The van der Waals surface area contributed by atoms with Gasteiger partial charge in [0.25, 0.3) is 11.5 Å². The lowest BCUT2D eigenvalue weighted by molar-refractivity contribution is 0.102. The molecule has 0 aliphatic heterocycles. The van der Waals surface area contributed by atoms with Crippen LogP contribution in [0.4, 0.5) is 5.69 Å². The van der Waals surface area contributed by atoms with Crippen molar-refractivity contribution in [2.75, 3.05) is 5.32 Å². The van der Waals surface area contributed by atoms with Crippen molar-refractivity contribution in [1.82, 2.24) is 14.5 Å². The third kappa shape index (κ3) is 3.57. The van der Waals surface area contributed by atoms with Crippen LogP contribution < -0.4 is 16.6 Å². The number of benzene rings is 1. The highest BCUT2D eigenvalue weighted by Gasteiger charge is 2.28. The number of aromatic nitrogens is 3. The number of hydrogen-bond donors (Lipinski definition) is 2. The molecule has 1 aromatic carbocycles. The zero-order valence-corrected chi connectivity index (χ0v) is 16.0. The van der Waals surface area contributed by atoms with Crippen molar-refractivity contribution in [1.29, 1.82) is 0 Å². The molecule has 0 bridgehead atoms. The molecule has 0 spiro atoms. The van der Waals surface area contributed by atoms with Crippen LogP contribution in [-0.2, 0) is 6.54 Å². The first kappa shape index (κ1) is 18.7. The number of rotatable bonds is 5. The standard InChI is InChI=1S/C22H20N4O3/c1-3-10-26-19-18(21(28)25-22(26)29)16(12-17(24-19)14-8-9-14)20(27)23-15-7-5-6-13(4-2)11-15/h2,5-7,11-12,14H,3,8-10H2,1H3,(H,23,27)(H,25,28,29). The van der Waals surface area contributed by atoms with E-state index in [2.05, 4.69) is 21.2 Å². The largest absolute Gasteiger partial charge is 0.329 e. The molecule has 0 saturated heterocycles. The Kier molecular flexibility index (Phi) is 4.77. The quantitative estimate of drug-likeness (QED) is 0.657. The number of nitrogens with one attached hydrogen (secondary N) is 2. The van der Waals surface area contributed by atoms with Gasteiger partial charge in [-0.25, -0.2) is 9.78 Å². The Morgan fingerprint density at radius 2 is 2.14 bits per heavy atom. The minimum atomic E-state index is -0.616. The zero-order chi connectivity index (χ0) is 20.5. The Balaban J connectivity index is 1.89. The first-order chi connectivity index (χ1) is 14.0. The van der Waals surface area contributed by atoms with Gasteiger partial charge in [-0.2, -0.15) is 0 Å². The fourth-order valence-corrected chi connectivity index (χ4v) is 3.38. The van der Waals surface area contributed by atoms with Crippen molar-refractivity contribution in [3.8, 4) is 12.3 Å². The van der Waals surface area contributed by atoms with E-state index in [0.717, 1.165) is 18.5 Å². The van der Waals surface area contributed by atoms with Crippen molar-refractivity contribution in [2.24, 2.45) is 0 Å². The summed E-state index contributed by atoms with van der Waals surface area (Å²) >= 11 is 0. The molecular weight excluding hydrogens is 368 g/mol. The summed E-state index contributed by atoms with van der Waals surface area (Å²) in [6.45, 7) is 2.33. The minimum absolute atomic E-state index is 0.119. The third-order valence-corrected chi connectivity index (χ3v) is 4.94. The van der Waals surface area contributed by atoms with E-state index in [1.807, 2.05) is 6.92 Å². The number of hydrogen-bond acceptors (Lipinski definition) is 4. The van der Waals surface area contributed by atoms with Crippen molar-refractivity contribution >= 4 is 22.6 Å². The van der Waals surface area contributed by atoms with Gasteiger partial charge < -0.3 is 5.32 Å². The van der Waals surface area contributed by atoms with Crippen LogP contribution in [0.15, 0.2) is 39.9 Å². The number of H-pyrrole nitrogens is 1. The highest BCUT2D eigenvalue weighted by Crippen LogP contribution is 2.40. The van der Waals surface area contributed by atoms with Crippen molar-refractivity contribution in [3.63, 3.8) is 0 Å². The van der Waals surface area contributed by atoms with E-state index in [4.69, 9.17) is 6.42 Å². The van der Waals surface area contributed by atoms with Crippen LogP contribution in [0.3, 0.4) is 0 Å². The maximum atomic E-state index is 13.1. The number of aromatic amines is 1. The highest BCUT2D eigenvalue weighted by molar-refractivity contribution is 6.11. The van der Waals surface area contributed by atoms with Gasteiger partial charge in [-0.3, -0.25) is 19.1 Å². The maximum absolute atomic E-state index is 13.1. The number of carbonyl (C=O) groups is 1. The second-order valence-corrected chi connectivity index (χ2v) is 7.16. The molecule has 1 aliphatic carbocycles. The minimum Gasteiger partial charge on any atom is -0.322 e. The number of amides is 1. The number of terminal acetylenes is 1. The van der Waals surface area contributed by atoms with Gasteiger partial charge in [0, 0.05) is 29.4 Å². The second-order valence-electron chi connectivity index (χ2n) is 7.16. The monoisotopic (exact) mass is 388 g/mol. The molecule has 1 amide bonds. The van der Waals surface area contributed by atoms with Crippen LogP contribution in [0.2, 0.25) is 0 Å². The van der Waals surface area contributed by atoms with Gasteiger partial charge >= 0.3 is 5.69 Å². The Hall–Kier alpha value is -3.66. The molecule has 4 rings (SSSR count). The molecular formula is C22H20N4O3. The summed E-state index contributed by atoms with van der Waals surface area (Å²) in [5.74, 6) is 2.33. The maximum Gasteiger partial charge on any atom is 0.329 e. The number of anilines is 1. The lowest BCUT2D eigenvalue weighted by Crippen LogP contribution is -2.32. The van der Waals surface area contributed by atoms with Crippen LogP contribution in [0.5, 0.6) is 0 Å². The summed E-state index contributed by atoms with van der Waals surface area (Å²) in [5.41, 5.74) is 1.22. The van der Waals surface area contributed by atoms with Gasteiger partial charge in [-0.1, -0.05) is 18.9 Å². The van der Waals surface area contributed by atoms with Gasteiger partial charge in [-0.05, 0) is 43.5 Å². The second kappa shape index (κ2) is 7.40. The van der Waals surface area contributed by atoms with Gasteiger partial charge in [0.1, 0.15) is 0 Å². The molecule has 0 atom stereocenters. The Labute approximate surface area is 166 Å². The van der Waals surface area contributed by atoms with Crippen LogP contribution in [0, 0.1) is 12.3 Å². The fourth-order valence-electron chi connectivity index (χ4n) is 3.38. The first-order valence-electron chi connectivity index (χ1n) is 9.57. The number of aryl methyl sites for hydroxylation is 1. The predicted molar refractivity (Wildman–Crippen MR) is 111 cm³/mol. The molecule has 1 fully saturated rings. The Morgan fingerprint density at radius 1 is 1.34 bits per heavy atom. The topological polar surface area (TPSA) is 96.8 Å². The van der Waals surface area contributed by atoms with E-state index in [9.17, 15) is 14.4 Å². The average Bonchev–Trinajstić information content (AvgIpc) is 3.55. The van der Waals surface area contributed by atoms with Crippen LogP contribution in [0.25, 0.3) is 11.0 Å². The summed E-state index contributed by atoms with van der Waals surface area (Å²) in [7, 11) is 0. The molecule has 1 saturated carbocycles. The van der Waals surface area contributed by atoms with E-state index < -0.39 is 17.2 Å². The van der Waals surface area contributed by atoms with Crippen LogP contribution >= 0.6 is 0 Å². The molecule has 2 N–H and O–H groups in total. The van der Waals surface area contributed by atoms with E-state index in [-0.39, 0.29) is 22.5 Å². The first-order valence-corrected chi connectivity index (χ1v) is 9.57. The van der Waals surface area contributed by atoms with Gasteiger partial charge in [0.05, 0.1) is 10.9 Å². The molecule has 0 radical (unpaired) electrons. The molecule has 29 heavy (non-hydrogen) atoms. The molecule has 2 aromatic heterocycles. The normalized spacial score (nSPS) is 13.2. The summed E-state index contributed by atoms with van der Waals surface area (Å²) in [4.78, 5) is 45.0. The molecule has 3 aromatic rings. The number of carbonyl (C=O) groups excluding carboxylic acids is 1. The summed E-state index contributed by atoms with van der Waals surface area (Å²) in [6.07, 6.45) is 8.07. The Bertz CT molecular complexity index is 1280. The lowest BCUT2D eigenvalue weighted by atomic mass is 10.1. The molecule has 2 heterocycles. The SMILES string of the molecule is C#Cc1cccc(NC(=O)c2cc(C3CC3)nc3c2c(=O)[nH]c(=O)n3CCC)c1. The van der Waals surface area contributed by atoms with Gasteiger partial charge in [-0.15, -0.1) is 6.42 Å². The van der Waals surface area contributed by atoms with Crippen molar-refractivity contribution in [3.05, 3.63) is 68.0 Å². The molecule has 1 aliphatic rings. The Morgan fingerprint density at radius 3 is 2.83 bits per heavy atom. The molecule has 7 nitrogen and oxygen atoms in total. The van der Waals surface area contributed by atoms with Crippen molar-refractivity contribution in [2.45, 2.75) is 38.6 Å². The van der Waals surface area contributed by atoms with Crippen molar-refractivity contribution < 1.29 is 4.79 Å². The highest BCUT2D eigenvalue weighted by atomic mass is 16.2. The molecule has 0 unspecified atom stereocenters. The van der Waals surface area contributed by atoms with E-state index in [1.54, 1.807) is 30.3 Å². The molecule has 7 heteroatoms. The summed E-state index contributed by atoms with van der Waals surface area (Å²) in [6, 6.07) is 8.57. The van der Waals surface area contributed by atoms with Gasteiger partial charge in [0.15, 0.2) is 5.65 Å². The smallest absolute Gasteiger partial charge is 0.322 e. The van der Waals surface area contributed by atoms with Crippen LogP contribution in [-0.4, -0.2) is 20.4 Å². The average molecular weight is 388 g/mol. The van der Waals surface area contributed by atoms with E-state index in [0.29, 0.717) is 24.2 Å². The van der Waals surface area contributed by atoms with Gasteiger partial charge in [0.2, 0.25) is 0 Å².